The van der Waals surface area contributed by atoms with Crippen LogP contribution in [0.4, 0.5) is 4.79 Å². The first-order chi connectivity index (χ1) is 19.7. The molecule has 222 valence electrons. The number of nitrogens with zero attached hydrogens (tertiary/aromatic N) is 4. The third-order valence-electron chi connectivity index (χ3n) is 8.22. The molecule has 0 radical (unpaired) electrons. The third kappa shape index (κ3) is 7.38. The van der Waals surface area contributed by atoms with E-state index in [1.807, 2.05) is 29.8 Å². The van der Waals surface area contributed by atoms with Crippen LogP contribution in [0, 0.1) is 17.8 Å². The molecule has 0 N–H and O–H groups in total. The van der Waals surface area contributed by atoms with Crippen molar-refractivity contribution < 1.29 is 33.4 Å². The van der Waals surface area contributed by atoms with Crippen molar-refractivity contribution >= 4 is 23.6 Å². The fraction of sp³-hybridized carbons (Fsp3) is 0.600. The normalized spacial score (nSPS) is 28.1. The molecular formula is C30H40N4O7. The second-order valence-corrected chi connectivity index (χ2v) is 11.1. The summed E-state index contributed by atoms with van der Waals surface area (Å²) in [5, 5.41) is 0. The van der Waals surface area contributed by atoms with Gasteiger partial charge in [0.2, 0.25) is 0 Å². The van der Waals surface area contributed by atoms with Crippen LogP contribution in [0.15, 0.2) is 37.1 Å². The molecule has 3 unspecified atom stereocenters. The van der Waals surface area contributed by atoms with Gasteiger partial charge in [-0.1, -0.05) is 13.8 Å². The van der Waals surface area contributed by atoms with Gasteiger partial charge in [0.15, 0.2) is 6.10 Å². The predicted molar refractivity (Wildman–Crippen MR) is 149 cm³/mol. The summed E-state index contributed by atoms with van der Waals surface area (Å²) in [5.41, 5.74) is 1.78. The van der Waals surface area contributed by atoms with Crippen LogP contribution in [0.2, 0.25) is 0 Å². The van der Waals surface area contributed by atoms with E-state index in [9.17, 15) is 19.2 Å². The van der Waals surface area contributed by atoms with Crippen molar-refractivity contribution in [2.75, 3.05) is 20.3 Å². The second-order valence-electron chi connectivity index (χ2n) is 11.1. The van der Waals surface area contributed by atoms with Crippen molar-refractivity contribution in [3.63, 3.8) is 0 Å². The number of cyclic esters (lactones) is 1. The SMILES string of the molecule is COC1CCC(=O)C(C)C(=O)OC[C@H]2OC(=O)N(CCCCn3cnc(-c4cccnc4)c3)[C@@H]2C(C)C(=O)[C@H](C)C1. The number of hydrogen-bond donors (Lipinski definition) is 0. The first kappa shape index (κ1) is 30.4. The van der Waals surface area contributed by atoms with Crippen LogP contribution < -0.4 is 0 Å². The van der Waals surface area contributed by atoms with E-state index in [1.54, 1.807) is 37.7 Å². The van der Waals surface area contributed by atoms with Crippen LogP contribution in [0.3, 0.4) is 0 Å². The summed E-state index contributed by atoms with van der Waals surface area (Å²) in [6.07, 6.45) is 8.04. The van der Waals surface area contributed by atoms with E-state index in [0.717, 1.165) is 17.7 Å². The van der Waals surface area contributed by atoms with Crippen molar-refractivity contribution in [3.05, 3.63) is 37.1 Å². The molecule has 0 saturated carbocycles. The van der Waals surface area contributed by atoms with Gasteiger partial charge in [-0.3, -0.25) is 19.4 Å². The van der Waals surface area contributed by atoms with E-state index in [1.165, 1.54) is 6.92 Å². The van der Waals surface area contributed by atoms with Gasteiger partial charge < -0.3 is 23.7 Å². The Hall–Kier alpha value is -3.60. The van der Waals surface area contributed by atoms with Crippen LogP contribution in [0.25, 0.3) is 11.3 Å². The Bertz CT molecular complexity index is 1220. The van der Waals surface area contributed by atoms with E-state index < -0.39 is 36.0 Å². The number of carbonyl (C=O) groups is 4. The van der Waals surface area contributed by atoms with Gasteiger partial charge in [-0.2, -0.15) is 0 Å². The molecule has 2 fully saturated rings. The number of imidazole rings is 1. The average Bonchev–Trinajstić information content (AvgIpc) is 3.58. The fourth-order valence-corrected chi connectivity index (χ4v) is 5.68. The Morgan fingerprint density at radius 3 is 2.61 bits per heavy atom. The van der Waals surface area contributed by atoms with Gasteiger partial charge >= 0.3 is 12.1 Å². The van der Waals surface area contributed by atoms with E-state index >= 15 is 0 Å². The van der Waals surface area contributed by atoms with Gasteiger partial charge in [-0.05, 0) is 44.7 Å². The van der Waals surface area contributed by atoms with Gasteiger partial charge in [0.1, 0.15) is 24.1 Å². The number of methoxy groups -OCH3 is 1. The summed E-state index contributed by atoms with van der Waals surface area (Å²) in [7, 11) is 1.56. The lowest BCUT2D eigenvalue weighted by Gasteiger charge is -2.31. The standard InChI is InChI=1S/C30H40N4O7/c1-19-14-23(39-4)9-10-25(35)20(2)29(37)40-17-26-27(21(3)28(19)36)34(30(38)41-26)13-6-5-12-33-16-24(32-18-33)22-8-7-11-31-15-22/h7-8,11,15-16,18-21,23,26-27H,5-6,9-10,12-14,17H2,1-4H3/t19-,20?,21?,23?,26-,27-/m1/s1. The van der Waals surface area contributed by atoms with Gasteiger partial charge in [-0.25, -0.2) is 9.78 Å². The number of Topliss-reactive ketones (excluding diaryl/α,β-unsaturated/α-hetero) is 2. The summed E-state index contributed by atoms with van der Waals surface area (Å²) in [6.45, 7) is 6.07. The number of rotatable bonds is 7. The zero-order chi connectivity index (χ0) is 29.5. The Kier molecular flexibility index (Phi) is 10.3. The first-order valence-electron chi connectivity index (χ1n) is 14.3. The van der Waals surface area contributed by atoms with Gasteiger partial charge in [0.25, 0.3) is 0 Å². The highest BCUT2D eigenvalue weighted by Crippen LogP contribution is 2.31. The molecule has 0 bridgehead atoms. The van der Waals surface area contributed by atoms with Gasteiger partial charge in [-0.15, -0.1) is 0 Å². The maximum absolute atomic E-state index is 13.5. The Morgan fingerprint density at radius 1 is 1.10 bits per heavy atom. The number of aryl methyl sites for hydroxylation is 1. The summed E-state index contributed by atoms with van der Waals surface area (Å²) in [4.78, 5) is 61.9. The number of carbonyl (C=O) groups excluding carboxylic acids is 4. The number of amides is 1. The average molecular weight is 569 g/mol. The van der Waals surface area contributed by atoms with Crippen molar-refractivity contribution in [1.29, 1.82) is 0 Å². The smallest absolute Gasteiger partial charge is 0.410 e. The maximum Gasteiger partial charge on any atom is 0.410 e. The summed E-state index contributed by atoms with van der Waals surface area (Å²) < 4.78 is 18.6. The zero-order valence-electron chi connectivity index (χ0n) is 24.2. The molecule has 2 aliphatic heterocycles. The highest BCUT2D eigenvalue weighted by Gasteiger charge is 2.48. The van der Waals surface area contributed by atoms with Crippen LogP contribution in [0.1, 0.15) is 52.9 Å². The monoisotopic (exact) mass is 568 g/mol. The molecule has 0 spiro atoms. The number of ketones is 2. The molecule has 2 aromatic rings. The Balaban J connectivity index is 1.43. The maximum atomic E-state index is 13.5. The molecule has 1 amide bonds. The number of hydrogen-bond acceptors (Lipinski definition) is 9. The number of ether oxygens (including phenoxy) is 3. The van der Waals surface area contributed by atoms with Crippen LogP contribution in [-0.2, 0) is 35.1 Å². The summed E-state index contributed by atoms with van der Waals surface area (Å²) in [5.74, 6) is -2.74. The first-order valence-corrected chi connectivity index (χ1v) is 14.3. The highest BCUT2D eigenvalue weighted by atomic mass is 16.6. The number of fused-ring (bicyclic) bond motifs is 1. The molecule has 41 heavy (non-hydrogen) atoms. The summed E-state index contributed by atoms with van der Waals surface area (Å²) >= 11 is 0. The molecule has 2 aromatic heterocycles. The molecule has 2 aliphatic rings. The Morgan fingerprint density at radius 2 is 1.88 bits per heavy atom. The van der Waals surface area contributed by atoms with E-state index in [2.05, 4.69) is 9.97 Å². The fourth-order valence-electron chi connectivity index (χ4n) is 5.68. The minimum Gasteiger partial charge on any atom is -0.461 e. The topological polar surface area (TPSA) is 130 Å². The highest BCUT2D eigenvalue weighted by molar-refractivity contribution is 5.98. The number of esters is 1. The largest absolute Gasteiger partial charge is 0.461 e. The molecule has 2 saturated heterocycles. The molecule has 11 nitrogen and oxygen atoms in total. The van der Waals surface area contributed by atoms with Crippen LogP contribution >= 0.6 is 0 Å². The Labute approximate surface area is 240 Å². The molecule has 6 atom stereocenters. The minimum atomic E-state index is -0.930. The van der Waals surface area contributed by atoms with Crippen molar-refractivity contribution in [1.82, 2.24) is 19.4 Å². The number of pyridine rings is 1. The van der Waals surface area contributed by atoms with E-state index in [-0.39, 0.29) is 36.6 Å². The van der Waals surface area contributed by atoms with Crippen LogP contribution in [0.5, 0.6) is 0 Å². The van der Waals surface area contributed by atoms with Crippen molar-refractivity contribution in [2.45, 2.75) is 77.7 Å². The number of unbranched alkanes of at least 4 members (excludes halogenated alkanes) is 1. The second kappa shape index (κ2) is 13.8. The van der Waals surface area contributed by atoms with Crippen molar-refractivity contribution in [2.24, 2.45) is 17.8 Å². The zero-order valence-corrected chi connectivity index (χ0v) is 24.2. The number of aromatic nitrogens is 3. The quantitative estimate of drug-likeness (QED) is 0.279. The van der Waals surface area contributed by atoms with E-state index in [4.69, 9.17) is 14.2 Å². The van der Waals surface area contributed by atoms with Crippen LogP contribution in [-0.4, -0.2) is 81.6 Å². The predicted octanol–water partition coefficient (Wildman–Crippen LogP) is 3.70. The van der Waals surface area contributed by atoms with Crippen molar-refractivity contribution in [3.8, 4) is 11.3 Å². The lowest BCUT2D eigenvalue weighted by atomic mass is 9.83. The molecule has 0 aliphatic carbocycles. The molecule has 4 rings (SSSR count). The molecular weight excluding hydrogens is 528 g/mol. The molecule has 4 heterocycles. The van der Waals surface area contributed by atoms with E-state index in [0.29, 0.717) is 32.4 Å². The lowest BCUT2D eigenvalue weighted by molar-refractivity contribution is -0.154. The third-order valence-corrected chi connectivity index (χ3v) is 8.22. The van der Waals surface area contributed by atoms with Gasteiger partial charge in [0.05, 0.1) is 24.2 Å². The molecule has 0 aromatic carbocycles. The minimum absolute atomic E-state index is 0.0187. The molecule has 11 heteroatoms. The summed E-state index contributed by atoms with van der Waals surface area (Å²) in [6, 6.07) is 3.23. The lowest BCUT2D eigenvalue weighted by Crippen LogP contribution is -2.47. The van der Waals surface area contributed by atoms with Gasteiger partial charge in [0, 0.05) is 62.6 Å².